The molecule has 0 atom stereocenters. The number of carbonyl (C=O) groups is 2. The predicted molar refractivity (Wildman–Crippen MR) is 31.7 cm³/mol. The van der Waals surface area contributed by atoms with E-state index in [1.807, 2.05) is 0 Å². The van der Waals surface area contributed by atoms with Crippen LogP contribution in [0.1, 0.15) is 20.3 Å². The predicted octanol–water partition coefficient (Wildman–Crippen LogP) is 0.174. The summed E-state index contributed by atoms with van der Waals surface area (Å²) in [6.07, 6.45) is 0.329. The van der Waals surface area contributed by atoms with Gasteiger partial charge in [-0.15, -0.1) is 0 Å². The van der Waals surface area contributed by atoms with Crippen molar-refractivity contribution in [2.75, 3.05) is 0 Å². The summed E-state index contributed by atoms with van der Waals surface area (Å²) in [5.74, 6) is -0.637. The van der Waals surface area contributed by atoms with Gasteiger partial charge >= 0.3 is 0 Å². The first-order valence-electron chi connectivity index (χ1n) is 2.22. The molecular weight excluding hydrogens is 299 g/mol. The maximum Gasteiger partial charge on any atom is 0.197 e. The third-order valence-electron chi connectivity index (χ3n) is 0.714. The molecule has 0 unspecified atom stereocenters. The number of hydrogen-bond donors (Lipinski definition) is 0. The standard InChI is InChI=1S/C5H8O2.Pb/c1-3-5(7)4(2)6;/h3H2,1-2H3;. The van der Waals surface area contributed by atoms with Gasteiger partial charge in [0.15, 0.2) is 11.6 Å². The molecular formula is C5H8O2Pb. The van der Waals surface area contributed by atoms with Crippen LogP contribution >= 0.6 is 0 Å². The minimum atomic E-state index is -0.345. The molecule has 0 fully saturated rings. The van der Waals surface area contributed by atoms with Gasteiger partial charge in [-0.05, 0) is 0 Å². The molecule has 4 radical (unpaired) electrons. The molecule has 0 heterocycles. The summed E-state index contributed by atoms with van der Waals surface area (Å²) in [7, 11) is 0. The molecule has 0 aliphatic rings. The van der Waals surface area contributed by atoms with E-state index in [1.165, 1.54) is 6.92 Å². The molecule has 0 spiro atoms. The molecule has 3 heteroatoms. The summed E-state index contributed by atoms with van der Waals surface area (Å²) < 4.78 is 0. The quantitative estimate of drug-likeness (QED) is 0.538. The number of ketones is 2. The maximum atomic E-state index is 10.2. The second-order valence-electron chi connectivity index (χ2n) is 1.33. The van der Waals surface area contributed by atoms with Crippen LogP contribution in [0.2, 0.25) is 0 Å². The molecule has 0 N–H and O–H groups in total. The fourth-order valence-electron chi connectivity index (χ4n) is 0.249. The number of Topliss-reactive ketones (excluding diaryl/α,β-unsaturated/α-hetero) is 2. The zero-order chi connectivity index (χ0) is 5.86. The number of carbonyl (C=O) groups excluding carboxylic acids is 2. The monoisotopic (exact) mass is 308 g/mol. The molecule has 0 saturated heterocycles. The fourth-order valence-corrected chi connectivity index (χ4v) is 0.249. The molecule has 0 aromatic heterocycles. The van der Waals surface area contributed by atoms with Crippen LogP contribution in [0.25, 0.3) is 0 Å². The van der Waals surface area contributed by atoms with E-state index in [1.54, 1.807) is 6.92 Å². The first kappa shape index (κ1) is 11.1. The Morgan fingerprint density at radius 2 is 1.75 bits per heavy atom. The van der Waals surface area contributed by atoms with Gasteiger partial charge in [0.05, 0.1) is 0 Å². The van der Waals surface area contributed by atoms with Gasteiger partial charge in [-0.2, -0.15) is 0 Å². The molecule has 0 amide bonds. The first-order chi connectivity index (χ1) is 3.18. The fraction of sp³-hybridized carbons (Fsp3) is 0.600. The Balaban J connectivity index is 0. The van der Waals surface area contributed by atoms with Crippen LogP contribution in [0.5, 0.6) is 0 Å². The van der Waals surface area contributed by atoms with Crippen molar-refractivity contribution in [3.63, 3.8) is 0 Å². The van der Waals surface area contributed by atoms with Gasteiger partial charge in [0.25, 0.3) is 0 Å². The van der Waals surface area contributed by atoms with E-state index in [9.17, 15) is 9.59 Å². The van der Waals surface area contributed by atoms with Crippen molar-refractivity contribution >= 4 is 38.9 Å². The minimum absolute atomic E-state index is 0. The zero-order valence-corrected chi connectivity index (χ0v) is 8.91. The van der Waals surface area contributed by atoms with Crippen LogP contribution in [-0.4, -0.2) is 38.9 Å². The third-order valence-corrected chi connectivity index (χ3v) is 0.714. The largest absolute Gasteiger partial charge is 0.291 e. The molecule has 0 rings (SSSR count). The van der Waals surface area contributed by atoms with Crippen LogP contribution in [0.3, 0.4) is 0 Å². The average Bonchev–Trinajstić information content (AvgIpc) is 1.65. The van der Waals surface area contributed by atoms with Crippen LogP contribution < -0.4 is 0 Å². The molecule has 44 valence electrons. The molecule has 0 aliphatic heterocycles. The second kappa shape index (κ2) is 5.40. The van der Waals surface area contributed by atoms with E-state index in [4.69, 9.17) is 0 Å². The maximum absolute atomic E-state index is 10.2. The van der Waals surface area contributed by atoms with Crippen molar-refractivity contribution in [2.45, 2.75) is 20.3 Å². The Bertz CT molecular complexity index is 98.6. The normalized spacial score (nSPS) is 7.25. The molecule has 0 aromatic carbocycles. The van der Waals surface area contributed by atoms with Crippen LogP contribution in [0, 0.1) is 0 Å². The Kier molecular flexibility index (Phi) is 7.50. The van der Waals surface area contributed by atoms with Gasteiger partial charge in [-0.1, -0.05) is 6.92 Å². The Morgan fingerprint density at radius 1 is 1.38 bits per heavy atom. The van der Waals surface area contributed by atoms with Crippen molar-refractivity contribution in [1.82, 2.24) is 0 Å². The van der Waals surface area contributed by atoms with Gasteiger partial charge in [-0.25, -0.2) is 0 Å². The van der Waals surface area contributed by atoms with Crippen LogP contribution in [0.4, 0.5) is 0 Å². The van der Waals surface area contributed by atoms with Crippen molar-refractivity contribution in [1.29, 1.82) is 0 Å². The van der Waals surface area contributed by atoms with Crippen molar-refractivity contribution < 1.29 is 9.59 Å². The average molecular weight is 307 g/mol. The smallest absolute Gasteiger partial charge is 0.197 e. The summed E-state index contributed by atoms with van der Waals surface area (Å²) in [5.41, 5.74) is 0. The number of hydrogen-bond acceptors (Lipinski definition) is 2. The van der Waals surface area contributed by atoms with Gasteiger partial charge in [0.1, 0.15) is 0 Å². The van der Waals surface area contributed by atoms with E-state index in [-0.39, 0.29) is 38.9 Å². The summed E-state index contributed by atoms with van der Waals surface area (Å²) in [6.45, 7) is 2.95. The zero-order valence-electron chi connectivity index (χ0n) is 5.02. The molecule has 0 aromatic rings. The Morgan fingerprint density at radius 3 is 1.75 bits per heavy atom. The van der Waals surface area contributed by atoms with Gasteiger partial charge in [0.2, 0.25) is 0 Å². The second-order valence-corrected chi connectivity index (χ2v) is 1.33. The molecule has 0 aliphatic carbocycles. The van der Waals surface area contributed by atoms with Crippen molar-refractivity contribution in [2.24, 2.45) is 0 Å². The number of rotatable bonds is 2. The Labute approximate surface area is 68.8 Å². The van der Waals surface area contributed by atoms with E-state index in [0.29, 0.717) is 6.42 Å². The topological polar surface area (TPSA) is 34.1 Å². The summed E-state index contributed by atoms with van der Waals surface area (Å²) in [4.78, 5) is 20.2. The van der Waals surface area contributed by atoms with E-state index in [2.05, 4.69) is 0 Å². The Hall–Kier alpha value is 0.262. The molecule has 0 saturated carbocycles. The van der Waals surface area contributed by atoms with Crippen LogP contribution in [0.15, 0.2) is 0 Å². The SMILES string of the molecule is CCC(=O)C(C)=O.[Pb]. The van der Waals surface area contributed by atoms with Gasteiger partial charge < -0.3 is 0 Å². The molecule has 2 nitrogen and oxygen atoms in total. The summed E-state index contributed by atoms with van der Waals surface area (Å²) in [6, 6.07) is 0. The molecule has 8 heavy (non-hydrogen) atoms. The van der Waals surface area contributed by atoms with Crippen molar-refractivity contribution in [3.8, 4) is 0 Å². The van der Waals surface area contributed by atoms with E-state index >= 15 is 0 Å². The summed E-state index contributed by atoms with van der Waals surface area (Å²) in [5, 5.41) is 0. The molecule has 0 bridgehead atoms. The van der Waals surface area contributed by atoms with E-state index in [0.717, 1.165) is 0 Å². The third kappa shape index (κ3) is 4.42. The van der Waals surface area contributed by atoms with Crippen molar-refractivity contribution in [3.05, 3.63) is 0 Å². The van der Waals surface area contributed by atoms with Gasteiger partial charge in [-0.3, -0.25) is 9.59 Å². The summed E-state index contributed by atoms with van der Waals surface area (Å²) >= 11 is 0. The first-order valence-corrected chi connectivity index (χ1v) is 2.22. The van der Waals surface area contributed by atoms with Gasteiger partial charge in [0, 0.05) is 40.6 Å². The van der Waals surface area contributed by atoms with E-state index < -0.39 is 0 Å². The minimum Gasteiger partial charge on any atom is -0.291 e. The van der Waals surface area contributed by atoms with Crippen LogP contribution in [-0.2, 0) is 9.59 Å².